The van der Waals surface area contributed by atoms with Crippen LogP contribution in [0.3, 0.4) is 0 Å². The summed E-state index contributed by atoms with van der Waals surface area (Å²) in [5.41, 5.74) is 11.0. The SMILES string of the molecule is CCCCCC/C(=C(\CCCCCCCC(N)=O)c1ccccc1)c1ccccc1. The summed E-state index contributed by atoms with van der Waals surface area (Å²) in [4.78, 5) is 10.9. The second-order valence-corrected chi connectivity index (χ2v) is 8.23. The average molecular weight is 406 g/mol. The summed E-state index contributed by atoms with van der Waals surface area (Å²) in [7, 11) is 0. The molecule has 162 valence electrons. The number of hydrogen-bond acceptors (Lipinski definition) is 1. The Morgan fingerprint density at radius 1 is 0.600 bits per heavy atom. The van der Waals surface area contributed by atoms with Gasteiger partial charge in [0, 0.05) is 6.42 Å². The number of carbonyl (C=O) groups excluding carboxylic acids is 1. The lowest BCUT2D eigenvalue weighted by Gasteiger charge is -2.17. The molecular formula is C28H39NO. The van der Waals surface area contributed by atoms with Crippen molar-refractivity contribution in [2.75, 3.05) is 0 Å². The topological polar surface area (TPSA) is 43.1 Å². The van der Waals surface area contributed by atoms with Crippen LogP contribution in [0.5, 0.6) is 0 Å². The third-order valence-electron chi connectivity index (χ3n) is 5.74. The lowest BCUT2D eigenvalue weighted by Crippen LogP contribution is -2.09. The summed E-state index contributed by atoms with van der Waals surface area (Å²) in [6.45, 7) is 2.27. The first-order chi connectivity index (χ1) is 14.7. The Hall–Kier alpha value is -2.35. The van der Waals surface area contributed by atoms with Crippen molar-refractivity contribution in [1.29, 1.82) is 0 Å². The van der Waals surface area contributed by atoms with Crippen molar-refractivity contribution < 1.29 is 4.79 Å². The summed E-state index contributed by atoms with van der Waals surface area (Å²) in [5, 5.41) is 0. The fourth-order valence-corrected chi connectivity index (χ4v) is 4.08. The number of amides is 1. The van der Waals surface area contributed by atoms with E-state index >= 15 is 0 Å². The molecule has 0 aliphatic heterocycles. The smallest absolute Gasteiger partial charge is 0.217 e. The Morgan fingerprint density at radius 2 is 1.00 bits per heavy atom. The van der Waals surface area contributed by atoms with Gasteiger partial charge in [0.2, 0.25) is 5.91 Å². The highest BCUT2D eigenvalue weighted by molar-refractivity contribution is 5.90. The Kier molecular flexibility index (Phi) is 11.6. The first-order valence-electron chi connectivity index (χ1n) is 11.8. The second-order valence-electron chi connectivity index (χ2n) is 8.23. The van der Waals surface area contributed by atoms with E-state index in [-0.39, 0.29) is 5.91 Å². The van der Waals surface area contributed by atoms with E-state index < -0.39 is 0 Å². The number of allylic oxidation sites excluding steroid dienone is 2. The van der Waals surface area contributed by atoms with Gasteiger partial charge in [0.05, 0.1) is 0 Å². The van der Waals surface area contributed by atoms with E-state index in [2.05, 4.69) is 67.6 Å². The van der Waals surface area contributed by atoms with Crippen LogP contribution in [0.1, 0.15) is 95.1 Å². The van der Waals surface area contributed by atoms with Crippen molar-refractivity contribution in [3.8, 4) is 0 Å². The molecule has 0 aromatic heterocycles. The van der Waals surface area contributed by atoms with Crippen molar-refractivity contribution in [2.45, 2.75) is 84.0 Å². The molecule has 0 saturated carbocycles. The van der Waals surface area contributed by atoms with Gasteiger partial charge in [0.15, 0.2) is 0 Å². The molecule has 0 radical (unpaired) electrons. The molecule has 0 spiro atoms. The summed E-state index contributed by atoms with van der Waals surface area (Å²) >= 11 is 0. The number of primary amides is 1. The Labute approximate surface area is 183 Å². The van der Waals surface area contributed by atoms with Gasteiger partial charge in [-0.25, -0.2) is 0 Å². The van der Waals surface area contributed by atoms with E-state index in [1.165, 1.54) is 67.2 Å². The van der Waals surface area contributed by atoms with Crippen LogP contribution in [0.4, 0.5) is 0 Å². The molecule has 30 heavy (non-hydrogen) atoms. The summed E-state index contributed by atoms with van der Waals surface area (Å²) in [5.74, 6) is -0.181. The standard InChI is InChI=1S/C28H39NO/c1-2-3-4-14-21-26(24-17-10-8-11-18-24)27(25-19-12-9-13-20-25)22-15-6-5-7-16-23-28(29)30/h8-13,17-20H,2-7,14-16,21-23H2,1H3,(H2,29,30)/b27-26-. The van der Waals surface area contributed by atoms with E-state index in [0.717, 1.165) is 25.7 Å². The van der Waals surface area contributed by atoms with Gasteiger partial charge < -0.3 is 5.73 Å². The number of rotatable bonds is 15. The predicted octanol–water partition coefficient (Wildman–Crippen LogP) is 7.78. The highest BCUT2D eigenvalue weighted by atomic mass is 16.1. The normalized spacial score (nSPS) is 11.9. The molecule has 0 heterocycles. The van der Waals surface area contributed by atoms with Crippen LogP contribution in [0, 0.1) is 0 Å². The van der Waals surface area contributed by atoms with Gasteiger partial charge in [-0.05, 0) is 54.4 Å². The van der Waals surface area contributed by atoms with Crippen LogP contribution >= 0.6 is 0 Å². The fourth-order valence-electron chi connectivity index (χ4n) is 4.08. The number of nitrogens with two attached hydrogens (primary N) is 1. The monoisotopic (exact) mass is 405 g/mol. The molecule has 0 fully saturated rings. The zero-order chi connectivity index (χ0) is 21.4. The number of hydrogen-bond donors (Lipinski definition) is 1. The van der Waals surface area contributed by atoms with E-state index in [4.69, 9.17) is 5.73 Å². The van der Waals surface area contributed by atoms with Crippen molar-refractivity contribution >= 4 is 17.1 Å². The molecule has 2 heteroatoms. The largest absolute Gasteiger partial charge is 0.370 e. The third kappa shape index (κ3) is 8.98. The van der Waals surface area contributed by atoms with Crippen LogP contribution in [0.2, 0.25) is 0 Å². The minimum Gasteiger partial charge on any atom is -0.370 e. The highest BCUT2D eigenvalue weighted by Gasteiger charge is 2.12. The van der Waals surface area contributed by atoms with Crippen LogP contribution in [-0.2, 0) is 4.79 Å². The molecule has 0 atom stereocenters. The number of benzene rings is 2. The first kappa shape index (κ1) is 23.9. The molecule has 2 nitrogen and oxygen atoms in total. The van der Waals surface area contributed by atoms with Gasteiger partial charge in [-0.1, -0.05) is 106 Å². The maximum Gasteiger partial charge on any atom is 0.217 e. The second kappa shape index (κ2) is 14.6. The predicted molar refractivity (Wildman–Crippen MR) is 130 cm³/mol. The van der Waals surface area contributed by atoms with Crippen LogP contribution < -0.4 is 5.73 Å². The van der Waals surface area contributed by atoms with Gasteiger partial charge >= 0.3 is 0 Å². The van der Waals surface area contributed by atoms with Crippen LogP contribution in [0.25, 0.3) is 11.1 Å². The minimum atomic E-state index is -0.181. The van der Waals surface area contributed by atoms with E-state index in [9.17, 15) is 4.79 Å². The molecular weight excluding hydrogens is 366 g/mol. The van der Waals surface area contributed by atoms with Crippen molar-refractivity contribution in [3.63, 3.8) is 0 Å². The van der Waals surface area contributed by atoms with Crippen molar-refractivity contribution in [3.05, 3.63) is 71.8 Å². The minimum absolute atomic E-state index is 0.181. The molecule has 0 aliphatic rings. The number of unbranched alkanes of at least 4 members (excludes halogenated alkanes) is 7. The van der Waals surface area contributed by atoms with Gasteiger partial charge in [-0.2, -0.15) is 0 Å². The summed E-state index contributed by atoms with van der Waals surface area (Å²) < 4.78 is 0. The van der Waals surface area contributed by atoms with Gasteiger partial charge in [-0.15, -0.1) is 0 Å². The summed E-state index contributed by atoms with van der Waals surface area (Å²) in [6.07, 6.45) is 13.5. The zero-order valence-electron chi connectivity index (χ0n) is 18.7. The zero-order valence-corrected chi connectivity index (χ0v) is 18.7. The lowest BCUT2D eigenvalue weighted by molar-refractivity contribution is -0.118. The van der Waals surface area contributed by atoms with E-state index in [1.807, 2.05) is 0 Å². The Morgan fingerprint density at radius 3 is 1.43 bits per heavy atom. The molecule has 0 aliphatic carbocycles. The van der Waals surface area contributed by atoms with Gasteiger partial charge in [-0.3, -0.25) is 4.79 Å². The van der Waals surface area contributed by atoms with E-state index in [1.54, 1.807) is 0 Å². The molecule has 2 aromatic carbocycles. The van der Waals surface area contributed by atoms with Crippen molar-refractivity contribution in [2.24, 2.45) is 5.73 Å². The van der Waals surface area contributed by atoms with Crippen LogP contribution in [-0.4, -0.2) is 5.91 Å². The molecule has 2 rings (SSSR count). The van der Waals surface area contributed by atoms with Crippen LogP contribution in [0.15, 0.2) is 60.7 Å². The van der Waals surface area contributed by atoms with Crippen molar-refractivity contribution in [1.82, 2.24) is 0 Å². The van der Waals surface area contributed by atoms with Gasteiger partial charge in [0.25, 0.3) is 0 Å². The van der Waals surface area contributed by atoms with Gasteiger partial charge in [0.1, 0.15) is 0 Å². The fraction of sp³-hybridized carbons (Fsp3) is 0.464. The highest BCUT2D eigenvalue weighted by Crippen LogP contribution is 2.34. The first-order valence-corrected chi connectivity index (χ1v) is 11.8. The third-order valence-corrected chi connectivity index (χ3v) is 5.74. The molecule has 2 N–H and O–H groups in total. The maximum atomic E-state index is 10.9. The quantitative estimate of drug-likeness (QED) is 0.238. The molecule has 0 bridgehead atoms. The summed E-state index contributed by atoms with van der Waals surface area (Å²) in [6, 6.07) is 21.9. The Balaban J connectivity index is 2.13. The molecule has 0 saturated heterocycles. The average Bonchev–Trinajstić information content (AvgIpc) is 2.77. The maximum absolute atomic E-state index is 10.9. The molecule has 2 aromatic rings. The number of carbonyl (C=O) groups is 1. The molecule has 0 unspecified atom stereocenters. The molecule has 1 amide bonds. The van der Waals surface area contributed by atoms with E-state index in [0.29, 0.717) is 6.42 Å². The Bertz CT molecular complexity index is 749. The lowest BCUT2D eigenvalue weighted by atomic mass is 9.88.